The van der Waals surface area contributed by atoms with E-state index in [4.69, 9.17) is 0 Å². The van der Waals surface area contributed by atoms with Crippen LogP contribution in [0, 0.1) is 5.92 Å². The van der Waals surface area contributed by atoms with Gasteiger partial charge in [-0.05, 0) is 12.3 Å². The number of unbranched alkanes of at least 4 members (excludes halogenated alkanes) is 2. The first kappa shape index (κ1) is 11.7. The lowest BCUT2D eigenvalue weighted by Crippen LogP contribution is -1.94. The number of carbonyl (C=O) groups is 1. The highest BCUT2D eigenvalue weighted by Crippen LogP contribution is 2.09. The van der Waals surface area contributed by atoms with E-state index in [9.17, 15) is 4.79 Å². The Balaban J connectivity index is 3.05. The van der Waals surface area contributed by atoms with Gasteiger partial charge < -0.3 is 0 Å². The quantitative estimate of drug-likeness (QED) is 0.534. The summed E-state index contributed by atoms with van der Waals surface area (Å²) in [6.45, 7) is 6.44. The fourth-order valence-corrected chi connectivity index (χ4v) is 1.23. The van der Waals surface area contributed by atoms with E-state index in [0.717, 1.165) is 18.8 Å². The lowest BCUT2D eigenvalue weighted by atomic mass is 10.0. The molecule has 0 aromatic carbocycles. The number of hydrogen-bond acceptors (Lipinski definition) is 1. The van der Waals surface area contributed by atoms with E-state index in [-0.39, 0.29) is 0 Å². The molecule has 0 unspecified atom stereocenters. The molecular weight excluding hydrogens is 148 g/mol. The zero-order valence-corrected chi connectivity index (χ0v) is 8.73. The zero-order chi connectivity index (χ0) is 9.40. The smallest absolute Gasteiger partial charge is 0.132 e. The van der Waals surface area contributed by atoms with Gasteiger partial charge in [0.2, 0.25) is 0 Å². The average Bonchev–Trinajstić information content (AvgIpc) is 2.03. The third-order valence-electron chi connectivity index (χ3n) is 2.13. The Labute approximate surface area is 76.6 Å². The highest BCUT2D eigenvalue weighted by Gasteiger charge is 1.98. The summed E-state index contributed by atoms with van der Waals surface area (Å²) in [4.78, 5) is 10.9. The molecule has 0 aliphatic heterocycles. The van der Waals surface area contributed by atoms with Gasteiger partial charge in [0.05, 0.1) is 0 Å². The van der Waals surface area contributed by atoms with Crippen molar-refractivity contribution in [1.29, 1.82) is 0 Å². The summed E-state index contributed by atoms with van der Waals surface area (Å²) in [6, 6.07) is 0. The largest absolute Gasteiger partial charge is 0.300 e. The second-order valence-electron chi connectivity index (χ2n) is 3.89. The van der Waals surface area contributed by atoms with Gasteiger partial charge in [-0.25, -0.2) is 0 Å². The van der Waals surface area contributed by atoms with Crippen molar-refractivity contribution in [3.63, 3.8) is 0 Å². The molecule has 0 saturated carbocycles. The van der Waals surface area contributed by atoms with E-state index in [1.165, 1.54) is 19.3 Å². The maximum atomic E-state index is 10.9. The van der Waals surface area contributed by atoms with Crippen molar-refractivity contribution in [1.82, 2.24) is 0 Å². The number of carbonyl (C=O) groups excluding carboxylic acids is 1. The molecule has 0 radical (unpaired) electrons. The molecule has 0 spiro atoms. The first-order valence-corrected chi connectivity index (χ1v) is 5.18. The maximum Gasteiger partial charge on any atom is 0.132 e. The number of ketones is 1. The van der Waals surface area contributed by atoms with Gasteiger partial charge in [0.1, 0.15) is 5.78 Å². The summed E-state index contributed by atoms with van der Waals surface area (Å²) in [5.41, 5.74) is 0. The fraction of sp³-hybridized carbons (Fsp3) is 0.909. The molecule has 72 valence electrons. The van der Waals surface area contributed by atoms with E-state index >= 15 is 0 Å². The number of rotatable bonds is 7. The van der Waals surface area contributed by atoms with Crippen molar-refractivity contribution in [2.24, 2.45) is 5.92 Å². The maximum absolute atomic E-state index is 10.9. The zero-order valence-electron chi connectivity index (χ0n) is 8.73. The molecule has 0 heterocycles. The fourth-order valence-electron chi connectivity index (χ4n) is 1.23. The van der Waals surface area contributed by atoms with Gasteiger partial charge in [-0.15, -0.1) is 0 Å². The van der Waals surface area contributed by atoms with Gasteiger partial charge in [-0.2, -0.15) is 0 Å². The lowest BCUT2D eigenvalue weighted by molar-refractivity contribution is -0.118. The topological polar surface area (TPSA) is 17.1 Å². The van der Waals surface area contributed by atoms with Crippen LogP contribution < -0.4 is 0 Å². The van der Waals surface area contributed by atoms with Crippen molar-refractivity contribution in [2.45, 2.75) is 59.3 Å². The molecule has 0 aromatic heterocycles. The van der Waals surface area contributed by atoms with Crippen LogP contribution in [0.2, 0.25) is 0 Å². The third kappa shape index (κ3) is 7.77. The molecule has 0 aliphatic rings. The van der Waals surface area contributed by atoms with Crippen LogP contribution in [0.4, 0.5) is 0 Å². The third-order valence-corrected chi connectivity index (χ3v) is 2.13. The molecule has 0 atom stereocenters. The summed E-state index contributed by atoms with van der Waals surface area (Å²) in [7, 11) is 0. The molecular formula is C11H22O. The molecule has 0 aliphatic carbocycles. The van der Waals surface area contributed by atoms with Crippen LogP contribution in [-0.2, 0) is 4.79 Å². The first-order chi connectivity index (χ1) is 5.66. The van der Waals surface area contributed by atoms with E-state index in [1.54, 1.807) is 0 Å². The van der Waals surface area contributed by atoms with Gasteiger partial charge >= 0.3 is 0 Å². The second kappa shape index (κ2) is 7.33. The van der Waals surface area contributed by atoms with Crippen LogP contribution in [0.5, 0.6) is 0 Å². The summed E-state index contributed by atoms with van der Waals surface area (Å²) >= 11 is 0. The van der Waals surface area contributed by atoms with E-state index in [2.05, 4.69) is 13.8 Å². The molecule has 1 nitrogen and oxygen atoms in total. The molecule has 12 heavy (non-hydrogen) atoms. The predicted molar refractivity (Wildman–Crippen MR) is 53.2 cm³/mol. The van der Waals surface area contributed by atoms with Crippen LogP contribution in [0.25, 0.3) is 0 Å². The molecule has 0 aromatic rings. The van der Waals surface area contributed by atoms with Crippen molar-refractivity contribution >= 4 is 5.78 Å². The van der Waals surface area contributed by atoms with Crippen LogP contribution >= 0.6 is 0 Å². The molecule has 0 fully saturated rings. The minimum Gasteiger partial charge on any atom is -0.300 e. The summed E-state index contributed by atoms with van der Waals surface area (Å²) < 4.78 is 0. The Morgan fingerprint density at radius 1 is 1.17 bits per heavy atom. The molecule has 1 heteroatoms. The van der Waals surface area contributed by atoms with Gasteiger partial charge in [0.15, 0.2) is 0 Å². The highest BCUT2D eigenvalue weighted by molar-refractivity contribution is 5.77. The molecule has 0 bridgehead atoms. The molecule has 0 saturated heterocycles. The predicted octanol–water partition coefficient (Wildman–Crippen LogP) is 3.57. The Kier molecular flexibility index (Phi) is 7.12. The van der Waals surface area contributed by atoms with Crippen molar-refractivity contribution in [2.75, 3.05) is 0 Å². The standard InChI is InChI=1S/C11H22O/c1-4-11(12)9-7-5-6-8-10(2)3/h10H,4-9H2,1-3H3. The van der Waals surface area contributed by atoms with Crippen molar-refractivity contribution < 1.29 is 4.79 Å². The first-order valence-electron chi connectivity index (χ1n) is 5.18. The van der Waals surface area contributed by atoms with Crippen LogP contribution in [-0.4, -0.2) is 5.78 Å². The summed E-state index contributed by atoms with van der Waals surface area (Å²) in [5.74, 6) is 1.23. The Bertz CT molecular complexity index is 116. The van der Waals surface area contributed by atoms with Crippen LogP contribution in [0.15, 0.2) is 0 Å². The summed E-state index contributed by atoms with van der Waals surface area (Å²) in [5, 5.41) is 0. The van der Waals surface area contributed by atoms with Gasteiger partial charge in [0, 0.05) is 12.8 Å². The van der Waals surface area contributed by atoms with Crippen LogP contribution in [0.3, 0.4) is 0 Å². The van der Waals surface area contributed by atoms with E-state index in [1.807, 2.05) is 6.92 Å². The average molecular weight is 170 g/mol. The minimum absolute atomic E-state index is 0.416. The Hall–Kier alpha value is -0.330. The summed E-state index contributed by atoms with van der Waals surface area (Å²) in [6.07, 6.45) is 6.43. The number of hydrogen-bond donors (Lipinski definition) is 0. The normalized spacial score (nSPS) is 10.7. The molecule has 0 N–H and O–H groups in total. The Morgan fingerprint density at radius 3 is 2.33 bits per heavy atom. The van der Waals surface area contributed by atoms with Crippen LogP contribution in [0.1, 0.15) is 59.3 Å². The molecule has 0 amide bonds. The van der Waals surface area contributed by atoms with Crippen molar-refractivity contribution in [3.05, 3.63) is 0 Å². The highest BCUT2D eigenvalue weighted by atomic mass is 16.1. The van der Waals surface area contributed by atoms with Gasteiger partial charge in [0.25, 0.3) is 0 Å². The van der Waals surface area contributed by atoms with E-state index in [0.29, 0.717) is 12.2 Å². The van der Waals surface area contributed by atoms with Gasteiger partial charge in [-0.3, -0.25) is 4.79 Å². The number of Topliss-reactive ketones (excluding diaryl/α,β-unsaturated/α-hetero) is 1. The monoisotopic (exact) mass is 170 g/mol. The lowest BCUT2D eigenvalue weighted by Gasteiger charge is -2.03. The Morgan fingerprint density at radius 2 is 1.83 bits per heavy atom. The SMILES string of the molecule is CCC(=O)CCCCCC(C)C. The second-order valence-corrected chi connectivity index (χ2v) is 3.89. The van der Waals surface area contributed by atoms with Gasteiger partial charge in [-0.1, -0.05) is 40.0 Å². The van der Waals surface area contributed by atoms with E-state index < -0.39 is 0 Å². The van der Waals surface area contributed by atoms with Crippen molar-refractivity contribution in [3.8, 4) is 0 Å². The minimum atomic E-state index is 0.416. The molecule has 0 rings (SSSR count).